The molecule has 0 bridgehead atoms. The number of Topliss-reactive ketones (excluding diaryl/α,β-unsaturated/α-hetero) is 1. The van der Waals surface area contributed by atoms with E-state index in [1.165, 1.54) is 16.6 Å². The Morgan fingerprint density at radius 3 is 2.65 bits per heavy atom. The summed E-state index contributed by atoms with van der Waals surface area (Å²) < 4.78 is 4.28. The molecule has 0 aliphatic heterocycles. The zero-order chi connectivity index (χ0) is 21.8. The summed E-state index contributed by atoms with van der Waals surface area (Å²) >= 11 is 3.22. The Kier molecular flexibility index (Phi) is 6.67. The maximum atomic E-state index is 13.0. The average molecular weight is 452 g/mol. The molecule has 0 saturated carbocycles. The van der Waals surface area contributed by atoms with E-state index in [0.29, 0.717) is 5.75 Å². The molecule has 4 aromatic heterocycles. The van der Waals surface area contributed by atoms with E-state index in [-0.39, 0.29) is 5.78 Å². The number of ketones is 1. The van der Waals surface area contributed by atoms with Gasteiger partial charge in [-0.15, -0.1) is 21.5 Å². The fraction of sp³-hybridized carbons (Fsp3) is 0.304. The molecule has 4 rings (SSSR count). The molecule has 0 unspecified atom stereocenters. The minimum Gasteiger partial charge on any atom is -0.348 e. The molecule has 0 aliphatic carbocycles. The molecule has 0 N–H and O–H groups in total. The predicted molar refractivity (Wildman–Crippen MR) is 126 cm³/mol. The topological polar surface area (TPSA) is 65.6 Å². The van der Waals surface area contributed by atoms with Gasteiger partial charge in [-0.05, 0) is 56.8 Å². The van der Waals surface area contributed by atoms with Crippen LogP contribution in [0.5, 0.6) is 0 Å². The van der Waals surface area contributed by atoms with Crippen LogP contribution in [0.2, 0.25) is 0 Å². The maximum absolute atomic E-state index is 13.0. The smallest absolute Gasteiger partial charge is 0.191 e. The van der Waals surface area contributed by atoms with Crippen molar-refractivity contribution in [2.75, 3.05) is 5.75 Å². The molecule has 0 aliphatic rings. The van der Waals surface area contributed by atoms with Crippen molar-refractivity contribution in [3.8, 4) is 11.4 Å². The van der Waals surface area contributed by atoms with E-state index >= 15 is 0 Å². The molecule has 31 heavy (non-hydrogen) atoms. The molecular formula is C23H25N5OS2. The number of nitrogens with zero attached hydrogens (tertiary/aromatic N) is 5. The molecule has 4 aromatic rings. The van der Waals surface area contributed by atoms with Gasteiger partial charge in [-0.1, -0.05) is 17.8 Å². The Bertz CT molecular complexity index is 1160. The van der Waals surface area contributed by atoms with Gasteiger partial charge < -0.3 is 9.13 Å². The summed E-state index contributed by atoms with van der Waals surface area (Å²) in [7, 11) is 0. The van der Waals surface area contributed by atoms with Gasteiger partial charge in [-0.25, -0.2) is 0 Å². The molecule has 6 nitrogen and oxygen atoms in total. The third-order valence-electron chi connectivity index (χ3n) is 5.34. The van der Waals surface area contributed by atoms with E-state index in [9.17, 15) is 4.79 Å². The molecule has 0 fully saturated rings. The van der Waals surface area contributed by atoms with Gasteiger partial charge in [0.05, 0.1) is 5.75 Å². The highest BCUT2D eigenvalue weighted by atomic mass is 32.2. The minimum absolute atomic E-state index is 0.122. The Hall–Kier alpha value is -2.71. The van der Waals surface area contributed by atoms with Crippen molar-refractivity contribution >= 4 is 28.9 Å². The molecule has 8 heteroatoms. The lowest BCUT2D eigenvalue weighted by molar-refractivity contribution is 0.102. The lowest BCUT2D eigenvalue weighted by atomic mass is 10.2. The number of carbonyl (C=O) groups is 1. The van der Waals surface area contributed by atoms with Crippen molar-refractivity contribution in [3.05, 3.63) is 69.9 Å². The summed E-state index contributed by atoms with van der Waals surface area (Å²) in [5, 5.41) is 11.5. The van der Waals surface area contributed by atoms with E-state index in [1.54, 1.807) is 23.7 Å². The lowest BCUT2D eigenvalue weighted by Gasteiger charge is -2.09. The molecule has 0 amide bonds. The van der Waals surface area contributed by atoms with Crippen LogP contribution in [0.3, 0.4) is 0 Å². The molecule has 0 saturated heterocycles. The maximum Gasteiger partial charge on any atom is 0.191 e. The number of aromatic nitrogens is 5. The van der Waals surface area contributed by atoms with Crippen molar-refractivity contribution in [1.82, 2.24) is 24.3 Å². The first kappa shape index (κ1) is 21.5. The fourth-order valence-corrected chi connectivity index (χ4v) is 5.29. The molecule has 0 spiro atoms. The second-order valence-corrected chi connectivity index (χ2v) is 9.24. The van der Waals surface area contributed by atoms with Crippen LogP contribution in [0.25, 0.3) is 11.4 Å². The van der Waals surface area contributed by atoms with Crippen molar-refractivity contribution in [3.63, 3.8) is 0 Å². The largest absolute Gasteiger partial charge is 0.348 e. The second-order valence-electron chi connectivity index (χ2n) is 7.26. The molecule has 0 aromatic carbocycles. The molecule has 4 heterocycles. The summed E-state index contributed by atoms with van der Waals surface area (Å²) in [4.78, 5) is 18.4. The number of thiophene rings is 1. The summed E-state index contributed by atoms with van der Waals surface area (Å²) in [5.41, 5.74) is 3.93. The van der Waals surface area contributed by atoms with E-state index in [1.807, 2.05) is 29.7 Å². The van der Waals surface area contributed by atoms with Crippen LogP contribution in [0.4, 0.5) is 0 Å². The quantitative estimate of drug-likeness (QED) is 0.263. The van der Waals surface area contributed by atoms with Crippen molar-refractivity contribution in [1.29, 1.82) is 0 Å². The van der Waals surface area contributed by atoms with Gasteiger partial charge in [0.2, 0.25) is 0 Å². The number of hydrogen-bond acceptors (Lipinski definition) is 6. The molecule has 0 radical (unpaired) electrons. The van der Waals surface area contributed by atoms with Gasteiger partial charge >= 0.3 is 0 Å². The highest BCUT2D eigenvalue weighted by Crippen LogP contribution is 2.25. The lowest BCUT2D eigenvalue weighted by Crippen LogP contribution is -2.08. The minimum atomic E-state index is 0.122. The van der Waals surface area contributed by atoms with E-state index in [2.05, 4.69) is 51.1 Å². The van der Waals surface area contributed by atoms with Crippen molar-refractivity contribution in [2.45, 2.75) is 45.4 Å². The van der Waals surface area contributed by atoms with Crippen molar-refractivity contribution < 1.29 is 4.79 Å². The molecule has 160 valence electrons. The number of pyridine rings is 1. The number of carbonyl (C=O) groups excluding carboxylic acids is 1. The molecule has 0 atom stereocenters. The SMILES string of the molecule is CCn1c(SCC(=O)c2cc(C)n(CCc3cccs3)c2C)nnc1-c1ccncc1. The van der Waals surface area contributed by atoms with Gasteiger partial charge in [0, 0.05) is 52.9 Å². The Morgan fingerprint density at radius 1 is 1.13 bits per heavy atom. The van der Waals surface area contributed by atoms with Gasteiger partial charge in [0.1, 0.15) is 0 Å². The van der Waals surface area contributed by atoms with Crippen LogP contribution < -0.4 is 0 Å². The van der Waals surface area contributed by atoms with Crippen LogP contribution in [0, 0.1) is 13.8 Å². The van der Waals surface area contributed by atoms with Crippen LogP contribution in [0.1, 0.15) is 33.5 Å². The summed E-state index contributed by atoms with van der Waals surface area (Å²) in [6.45, 7) is 7.78. The van der Waals surface area contributed by atoms with Crippen LogP contribution >= 0.6 is 23.1 Å². The summed E-state index contributed by atoms with van der Waals surface area (Å²) in [5.74, 6) is 1.26. The first-order valence-electron chi connectivity index (χ1n) is 10.3. The number of aryl methyl sites for hydroxylation is 2. The van der Waals surface area contributed by atoms with Crippen LogP contribution in [-0.2, 0) is 19.5 Å². The van der Waals surface area contributed by atoms with E-state index < -0.39 is 0 Å². The number of rotatable bonds is 9. The summed E-state index contributed by atoms with van der Waals surface area (Å²) in [6.07, 6.45) is 4.47. The first-order chi connectivity index (χ1) is 15.1. The predicted octanol–water partition coefficient (Wildman–Crippen LogP) is 5.06. The highest BCUT2D eigenvalue weighted by molar-refractivity contribution is 7.99. The van der Waals surface area contributed by atoms with Crippen LogP contribution in [-0.4, -0.2) is 35.9 Å². The third kappa shape index (κ3) is 4.65. The summed E-state index contributed by atoms with van der Waals surface area (Å²) in [6, 6.07) is 10.1. The monoisotopic (exact) mass is 451 g/mol. The van der Waals surface area contributed by atoms with Gasteiger partial charge in [-0.2, -0.15) is 0 Å². The van der Waals surface area contributed by atoms with Crippen LogP contribution in [0.15, 0.2) is 53.3 Å². The third-order valence-corrected chi connectivity index (χ3v) is 7.24. The zero-order valence-electron chi connectivity index (χ0n) is 17.9. The Balaban J connectivity index is 1.46. The van der Waals surface area contributed by atoms with Gasteiger partial charge in [-0.3, -0.25) is 9.78 Å². The number of hydrogen-bond donors (Lipinski definition) is 0. The Morgan fingerprint density at radius 2 is 1.94 bits per heavy atom. The standard InChI is InChI=1S/C23H25N5OS2/c1-4-27-22(18-7-10-24-11-8-18)25-26-23(27)31-15-21(29)20-14-16(2)28(17(20)3)12-9-19-6-5-13-30-19/h5-8,10-11,13-14H,4,9,12,15H2,1-3H3. The average Bonchev–Trinajstić information content (AvgIpc) is 3.51. The van der Waals surface area contributed by atoms with Gasteiger partial charge in [0.25, 0.3) is 0 Å². The molecular weight excluding hydrogens is 426 g/mol. The normalized spacial score (nSPS) is 11.2. The van der Waals surface area contributed by atoms with E-state index in [0.717, 1.165) is 53.0 Å². The second kappa shape index (κ2) is 9.62. The highest BCUT2D eigenvalue weighted by Gasteiger charge is 2.19. The van der Waals surface area contributed by atoms with Gasteiger partial charge in [0.15, 0.2) is 16.8 Å². The zero-order valence-corrected chi connectivity index (χ0v) is 19.5. The van der Waals surface area contributed by atoms with E-state index in [4.69, 9.17) is 0 Å². The number of thioether (sulfide) groups is 1. The fourth-order valence-electron chi connectivity index (χ4n) is 3.71. The first-order valence-corrected chi connectivity index (χ1v) is 12.1. The Labute approximate surface area is 190 Å². The van der Waals surface area contributed by atoms with Crippen molar-refractivity contribution in [2.24, 2.45) is 0 Å².